The van der Waals surface area contributed by atoms with E-state index in [1.165, 1.54) is 0 Å². The number of nitrogen functional groups attached to an aromatic ring is 1. The van der Waals surface area contributed by atoms with Crippen molar-refractivity contribution in [3.8, 4) is 11.3 Å². The lowest BCUT2D eigenvalue weighted by Crippen LogP contribution is -1.81. The summed E-state index contributed by atoms with van der Waals surface area (Å²) in [5.41, 5.74) is 7.27. The van der Waals surface area contributed by atoms with Crippen molar-refractivity contribution in [2.45, 2.75) is 6.92 Å². The van der Waals surface area contributed by atoms with Gasteiger partial charge >= 0.3 is 0 Å². The van der Waals surface area contributed by atoms with Crippen molar-refractivity contribution in [3.05, 3.63) is 30.1 Å². The molecule has 0 aliphatic carbocycles. The zero-order valence-corrected chi connectivity index (χ0v) is 7.19. The highest BCUT2D eigenvalue weighted by atomic mass is 16.5. The molecule has 0 aliphatic heterocycles. The van der Waals surface area contributed by atoms with Crippen LogP contribution in [0.1, 0.15) is 5.69 Å². The van der Waals surface area contributed by atoms with Gasteiger partial charge < -0.3 is 10.3 Å². The minimum absolute atomic E-state index is 0.385. The van der Waals surface area contributed by atoms with Crippen molar-refractivity contribution in [3.63, 3.8) is 0 Å². The summed E-state index contributed by atoms with van der Waals surface area (Å²) in [4.78, 5) is 4.14. The molecule has 0 unspecified atom stereocenters. The van der Waals surface area contributed by atoms with E-state index >= 15 is 0 Å². The van der Waals surface area contributed by atoms with E-state index < -0.39 is 0 Å². The fourth-order valence-corrected chi connectivity index (χ4v) is 1.04. The molecule has 4 heteroatoms. The number of hydrogen-bond acceptors (Lipinski definition) is 4. The molecule has 0 aliphatic rings. The Morgan fingerprint density at radius 3 is 2.77 bits per heavy atom. The first-order valence-corrected chi connectivity index (χ1v) is 3.91. The summed E-state index contributed by atoms with van der Waals surface area (Å²) >= 11 is 0. The van der Waals surface area contributed by atoms with Crippen LogP contribution in [0.3, 0.4) is 0 Å². The van der Waals surface area contributed by atoms with E-state index in [1.54, 1.807) is 12.3 Å². The van der Waals surface area contributed by atoms with Gasteiger partial charge in [0.2, 0.25) is 0 Å². The van der Waals surface area contributed by atoms with Crippen molar-refractivity contribution in [2.24, 2.45) is 0 Å². The highest BCUT2D eigenvalue weighted by Gasteiger charge is 2.03. The standard InChI is InChI=1S/C9H9N3O/c1-6-2-3-7(5-11-6)8-4-9(10)12-13-8/h2-5H,1H3,(H2,10,12). The van der Waals surface area contributed by atoms with Crippen LogP contribution in [0.2, 0.25) is 0 Å². The maximum atomic E-state index is 5.42. The highest BCUT2D eigenvalue weighted by molar-refractivity contribution is 5.58. The van der Waals surface area contributed by atoms with E-state index in [2.05, 4.69) is 10.1 Å². The molecule has 2 aromatic rings. The van der Waals surface area contributed by atoms with Crippen molar-refractivity contribution in [1.29, 1.82) is 0 Å². The van der Waals surface area contributed by atoms with Crippen LogP contribution >= 0.6 is 0 Å². The normalized spacial score (nSPS) is 10.2. The van der Waals surface area contributed by atoms with Crippen LogP contribution < -0.4 is 5.73 Å². The number of pyridine rings is 1. The van der Waals surface area contributed by atoms with Gasteiger partial charge in [-0.1, -0.05) is 5.16 Å². The molecule has 0 saturated carbocycles. The summed E-state index contributed by atoms with van der Waals surface area (Å²) < 4.78 is 4.98. The van der Waals surface area contributed by atoms with Crippen LogP contribution in [0.4, 0.5) is 5.82 Å². The third-order valence-corrected chi connectivity index (χ3v) is 1.72. The van der Waals surface area contributed by atoms with E-state index in [1.807, 2.05) is 19.1 Å². The Hall–Kier alpha value is -1.84. The molecule has 2 aromatic heterocycles. The first-order valence-electron chi connectivity index (χ1n) is 3.91. The summed E-state index contributed by atoms with van der Waals surface area (Å²) in [5, 5.41) is 3.59. The average molecular weight is 175 g/mol. The lowest BCUT2D eigenvalue weighted by atomic mass is 10.2. The Kier molecular flexibility index (Phi) is 1.73. The van der Waals surface area contributed by atoms with Crippen molar-refractivity contribution in [2.75, 3.05) is 5.73 Å². The van der Waals surface area contributed by atoms with Gasteiger partial charge in [0.1, 0.15) is 0 Å². The number of anilines is 1. The third-order valence-electron chi connectivity index (χ3n) is 1.72. The fourth-order valence-electron chi connectivity index (χ4n) is 1.04. The van der Waals surface area contributed by atoms with E-state index in [-0.39, 0.29) is 0 Å². The third kappa shape index (κ3) is 1.51. The van der Waals surface area contributed by atoms with Crippen molar-refractivity contribution < 1.29 is 4.52 Å². The Morgan fingerprint density at radius 2 is 2.23 bits per heavy atom. The lowest BCUT2D eigenvalue weighted by Gasteiger charge is -1.94. The van der Waals surface area contributed by atoms with Gasteiger partial charge in [-0.2, -0.15) is 0 Å². The van der Waals surface area contributed by atoms with Gasteiger partial charge in [0, 0.05) is 23.5 Å². The molecule has 2 heterocycles. The van der Waals surface area contributed by atoms with Crippen LogP contribution in [0.5, 0.6) is 0 Å². The van der Waals surface area contributed by atoms with Gasteiger partial charge in [-0.15, -0.1) is 0 Å². The van der Waals surface area contributed by atoms with Gasteiger partial charge in [-0.05, 0) is 19.1 Å². The second-order valence-corrected chi connectivity index (χ2v) is 2.80. The van der Waals surface area contributed by atoms with Gasteiger partial charge in [-0.3, -0.25) is 4.98 Å². The predicted molar refractivity (Wildman–Crippen MR) is 48.9 cm³/mol. The molecule has 0 radical (unpaired) electrons. The number of aryl methyl sites for hydroxylation is 1. The second kappa shape index (κ2) is 2.90. The first-order chi connectivity index (χ1) is 6.25. The van der Waals surface area contributed by atoms with Crippen LogP contribution in [-0.4, -0.2) is 10.1 Å². The van der Waals surface area contributed by atoms with E-state index in [0.717, 1.165) is 11.3 Å². The van der Waals surface area contributed by atoms with Crippen molar-refractivity contribution in [1.82, 2.24) is 10.1 Å². The molecule has 0 atom stereocenters. The maximum Gasteiger partial charge on any atom is 0.170 e. The molecule has 0 bridgehead atoms. The number of rotatable bonds is 1. The van der Waals surface area contributed by atoms with E-state index in [0.29, 0.717) is 11.6 Å². The van der Waals surface area contributed by atoms with Crippen LogP contribution in [0.15, 0.2) is 28.9 Å². The average Bonchev–Trinajstić information content (AvgIpc) is 2.53. The SMILES string of the molecule is Cc1ccc(-c2cc(N)no2)cn1. The molecular formula is C9H9N3O. The molecule has 2 N–H and O–H groups in total. The van der Waals surface area contributed by atoms with E-state index in [9.17, 15) is 0 Å². The van der Waals surface area contributed by atoms with Gasteiger partial charge in [0.05, 0.1) is 0 Å². The van der Waals surface area contributed by atoms with E-state index in [4.69, 9.17) is 10.3 Å². The molecule has 13 heavy (non-hydrogen) atoms. The molecule has 0 saturated heterocycles. The summed E-state index contributed by atoms with van der Waals surface area (Å²) in [6.45, 7) is 1.93. The summed E-state index contributed by atoms with van der Waals surface area (Å²) in [5.74, 6) is 1.03. The molecule has 0 aromatic carbocycles. The summed E-state index contributed by atoms with van der Waals surface area (Å²) in [6.07, 6.45) is 1.73. The molecule has 2 rings (SSSR count). The Labute approximate surface area is 75.4 Å². The number of nitrogens with two attached hydrogens (primary N) is 1. The fraction of sp³-hybridized carbons (Fsp3) is 0.111. The molecule has 4 nitrogen and oxygen atoms in total. The van der Waals surface area contributed by atoms with Crippen LogP contribution in [-0.2, 0) is 0 Å². The zero-order chi connectivity index (χ0) is 9.26. The monoisotopic (exact) mass is 175 g/mol. The highest BCUT2D eigenvalue weighted by Crippen LogP contribution is 2.19. The lowest BCUT2D eigenvalue weighted by molar-refractivity contribution is 0.435. The summed E-state index contributed by atoms with van der Waals surface area (Å²) in [6, 6.07) is 5.50. The quantitative estimate of drug-likeness (QED) is 0.715. The smallest absolute Gasteiger partial charge is 0.170 e. The van der Waals surface area contributed by atoms with Gasteiger partial charge in [-0.25, -0.2) is 0 Å². The number of hydrogen-bond donors (Lipinski definition) is 1. The largest absolute Gasteiger partial charge is 0.381 e. The predicted octanol–water partition coefficient (Wildman–Crippen LogP) is 1.63. The Bertz CT molecular complexity index is 405. The first kappa shape index (κ1) is 7.79. The second-order valence-electron chi connectivity index (χ2n) is 2.80. The summed E-state index contributed by atoms with van der Waals surface area (Å²) in [7, 11) is 0. The minimum atomic E-state index is 0.385. The molecule has 66 valence electrons. The van der Waals surface area contributed by atoms with Gasteiger partial charge in [0.25, 0.3) is 0 Å². The topological polar surface area (TPSA) is 64.9 Å². The number of nitrogens with zero attached hydrogens (tertiary/aromatic N) is 2. The molecule has 0 spiro atoms. The zero-order valence-electron chi connectivity index (χ0n) is 7.19. The minimum Gasteiger partial charge on any atom is -0.381 e. The number of aromatic nitrogens is 2. The van der Waals surface area contributed by atoms with Crippen molar-refractivity contribution >= 4 is 5.82 Å². The Balaban J connectivity index is 2.41. The molecular weight excluding hydrogens is 166 g/mol. The van der Waals surface area contributed by atoms with Crippen LogP contribution in [0, 0.1) is 6.92 Å². The molecule has 0 amide bonds. The maximum absolute atomic E-state index is 5.42. The van der Waals surface area contributed by atoms with Crippen LogP contribution in [0.25, 0.3) is 11.3 Å². The molecule has 0 fully saturated rings. The Morgan fingerprint density at radius 1 is 1.38 bits per heavy atom. The van der Waals surface area contributed by atoms with Gasteiger partial charge in [0.15, 0.2) is 11.6 Å².